The largest absolute Gasteiger partial charge is 0.436 e. The molecule has 13 heteroatoms. The molecule has 35 heavy (non-hydrogen) atoms. The first kappa shape index (κ1) is 26.9. The molecule has 196 valence electrons. The van der Waals surface area contributed by atoms with Gasteiger partial charge >= 0.3 is 16.3 Å². The molecule has 0 radical (unpaired) electrons. The number of ether oxygens (including phenoxy) is 1. The first-order valence-electron chi connectivity index (χ1n) is 12.2. The van der Waals surface area contributed by atoms with Crippen molar-refractivity contribution in [1.29, 1.82) is 0 Å². The van der Waals surface area contributed by atoms with E-state index in [2.05, 4.69) is 10.0 Å². The molecule has 1 saturated heterocycles. The summed E-state index contributed by atoms with van der Waals surface area (Å²) in [5.74, 6) is -2.23. The Kier molecular flexibility index (Phi) is 8.75. The van der Waals surface area contributed by atoms with Crippen LogP contribution in [0, 0.1) is 5.92 Å². The third-order valence-corrected chi connectivity index (χ3v) is 7.65. The average molecular weight is 514 g/mol. The summed E-state index contributed by atoms with van der Waals surface area (Å²) >= 11 is 0. The lowest BCUT2D eigenvalue weighted by atomic mass is 10.1. The highest BCUT2D eigenvalue weighted by Crippen LogP contribution is 2.45. The van der Waals surface area contributed by atoms with E-state index in [-0.39, 0.29) is 18.9 Å². The molecule has 0 aromatic heterocycles. The number of primary amides is 1. The van der Waals surface area contributed by atoms with E-state index in [0.717, 1.165) is 12.8 Å². The molecule has 3 aliphatic rings. The van der Waals surface area contributed by atoms with Crippen LogP contribution >= 0.6 is 0 Å². The van der Waals surface area contributed by atoms with E-state index >= 15 is 0 Å². The zero-order valence-corrected chi connectivity index (χ0v) is 20.8. The van der Waals surface area contributed by atoms with Gasteiger partial charge in [-0.25, -0.2) is 9.52 Å². The Bertz CT molecular complexity index is 969. The van der Waals surface area contributed by atoms with Crippen LogP contribution in [0.3, 0.4) is 0 Å². The molecular formula is C22H35N5O7S. The molecule has 1 aliphatic carbocycles. The number of hydrogen-bond donors (Lipinski definition) is 4. The fraction of sp³-hybridized carbons (Fsp3) is 0.727. The summed E-state index contributed by atoms with van der Waals surface area (Å²) in [5.41, 5.74) is 3.75. The van der Waals surface area contributed by atoms with Crippen LogP contribution in [0.15, 0.2) is 12.2 Å². The summed E-state index contributed by atoms with van der Waals surface area (Å²) in [6, 6.07) is -0.865. The highest BCUT2D eigenvalue weighted by molar-refractivity contribution is 7.88. The number of carbonyl (C=O) groups excluding carboxylic acids is 4. The molecule has 12 nitrogen and oxygen atoms in total. The molecule has 5 N–H and O–H groups in total. The molecule has 2 heterocycles. The third-order valence-electron chi connectivity index (χ3n) is 6.61. The molecule has 0 bridgehead atoms. The van der Waals surface area contributed by atoms with Crippen molar-refractivity contribution in [3.05, 3.63) is 12.2 Å². The normalized spacial score (nSPS) is 29.7. The summed E-state index contributed by atoms with van der Waals surface area (Å²) in [7, 11) is -4.08. The van der Waals surface area contributed by atoms with Gasteiger partial charge < -0.3 is 20.7 Å². The van der Waals surface area contributed by atoms with Crippen LogP contribution in [0.1, 0.15) is 64.7 Å². The van der Waals surface area contributed by atoms with Crippen molar-refractivity contribution >= 4 is 34.0 Å². The molecule has 4 amide bonds. The first-order chi connectivity index (χ1) is 16.6. The Balaban J connectivity index is 1.84. The van der Waals surface area contributed by atoms with E-state index in [1.165, 1.54) is 4.90 Å². The summed E-state index contributed by atoms with van der Waals surface area (Å²) in [6.07, 6.45) is 6.59. The van der Waals surface area contributed by atoms with Crippen LogP contribution in [0.5, 0.6) is 0 Å². The quantitative estimate of drug-likeness (QED) is 0.366. The van der Waals surface area contributed by atoms with Gasteiger partial charge in [0.2, 0.25) is 5.91 Å². The van der Waals surface area contributed by atoms with E-state index in [1.54, 1.807) is 6.92 Å². The number of allylic oxidation sites excluding steroid dienone is 1. The number of amides is 4. The predicted octanol–water partition coefficient (Wildman–Crippen LogP) is 0.197. The Labute approximate surface area is 205 Å². The highest BCUT2D eigenvalue weighted by atomic mass is 32.2. The van der Waals surface area contributed by atoms with Crippen molar-refractivity contribution in [2.24, 2.45) is 11.7 Å². The number of carbonyl (C=O) groups is 4. The van der Waals surface area contributed by atoms with Gasteiger partial charge in [0, 0.05) is 19.0 Å². The smallest absolute Gasteiger partial charge is 0.405 e. The van der Waals surface area contributed by atoms with Gasteiger partial charge in [-0.1, -0.05) is 25.5 Å². The Hall–Kier alpha value is -2.67. The number of hydrogen-bond acceptors (Lipinski definition) is 7. The number of nitrogens with two attached hydrogens (primary N) is 1. The maximum Gasteiger partial charge on any atom is 0.405 e. The fourth-order valence-corrected chi connectivity index (χ4v) is 5.63. The molecule has 4 atom stereocenters. The SMILES string of the molecule is CCCNS(=O)(=O)NC(=O)C12CC1C=CCCCCCC(OC(N)=O)C(=O)N1CCCC1C(=O)N2. The van der Waals surface area contributed by atoms with Crippen LogP contribution in [-0.2, 0) is 29.3 Å². The standard InChI is InChI=1S/C22H35N5O7S/c1-2-12-24-35(32,33)26-20(30)22-14-15(22)9-6-4-3-5-7-11-17(34-21(23)31)19(29)27-13-8-10-16(27)18(28)25-22/h6,9,15-17,24H,2-5,7-8,10-14H2,1H3,(H2,23,31)(H,25,28)(H,26,30). The zero-order valence-electron chi connectivity index (χ0n) is 20.0. The minimum atomic E-state index is -4.08. The van der Waals surface area contributed by atoms with E-state index in [9.17, 15) is 27.6 Å². The van der Waals surface area contributed by atoms with Crippen molar-refractivity contribution in [1.82, 2.24) is 19.7 Å². The second-order valence-corrected chi connectivity index (χ2v) is 10.8. The predicted molar refractivity (Wildman–Crippen MR) is 126 cm³/mol. The van der Waals surface area contributed by atoms with Crippen LogP contribution in [0.25, 0.3) is 0 Å². The van der Waals surface area contributed by atoms with Crippen LogP contribution in [0.4, 0.5) is 4.79 Å². The van der Waals surface area contributed by atoms with E-state index in [1.807, 2.05) is 16.9 Å². The van der Waals surface area contributed by atoms with Gasteiger partial charge in [0.25, 0.3) is 11.8 Å². The minimum Gasteiger partial charge on any atom is -0.436 e. The molecule has 0 spiro atoms. The monoisotopic (exact) mass is 513 g/mol. The van der Waals surface area contributed by atoms with Crippen LogP contribution in [-0.4, -0.2) is 67.9 Å². The Morgan fingerprint density at radius 1 is 1.23 bits per heavy atom. The Morgan fingerprint density at radius 3 is 2.71 bits per heavy atom. The minimum absolute atomic E-state index is 0.166. The maximum absolute atomic E-state index is 13.3. The van der Waals surface area contributed by atoms with Crippen molar-refractivity contribution in [3.8, 4) is 0 Å². The third kappa shape index (κ3) is 6.72. The van der Waals surface area contributed by atoms with Crippen molar-refractivity contribution < 1.29 is 32.3 Å². The van der Waals surface area contributed by atoms with E-state index < -0.39 is 51.7 Å². The lowest BCUT2D eigenvalue weighted by molar-refractivity contribution is -0.146. The van der Waals surface area contributed by atoms with Gasteiger partial charge in [0.1, 0.15) is 11.6 Å². The van der Waals surface area contributed by atoms with Gasteiger partial charge in [0.05, 0.1) is 0 Å². The Morgan fingerprint density at radius 2 is 2.00 bits per heavy atom. The molecule has 4 unspecified atom stereocenters. The van der Waals surface area contributed by atoms with Crippen molar-refractivity contribution in [2.45, 2.75) is 82.4 Å². The molecule has 2 aliphatic heterocycles. The first-order valence-corrected chi connectivity index (χ1v) is 13.6. The lowest BCUT2D eigenvalue weighted by Crippen LogP contribution is -2.58. The van der Waals surface area contributed by atoms with Crippen molar-refractivity contribution in [3.63, 3.8) is 0 Å². The summed E-state index contributed by atoms with van der Waals surface area (Å²) in [6.45, 7) is 2.25. The highest BCUT2D eigenvalue weighted by Gasteiger charge is 2.61. The maximum atomic E-state index is 13.3. The van der Waals surface area contributed by atoms with E-state index in [4.69, 9.17) is 10.5 Å². The number of nitrogens with one attached hydrogen (secondary N) is 3. The van der Waals surface area contributed by atoms with Gasteiger partial charge in [-0.2, -0.15) is 13.1 Å². The topological polar surface area (TPSA) is 177 Å². The molecule has 0 aromatic carbocycles. The van der Waals surface area contributed by atoms with Gasteiger partial charge in [0.15, 0.2) is 6.10 Å². The molecule has 0 aromatic rings. The zero-order chi connectivity index (χ0) is 25.6. The second-order valence-electron chi connectivity index (χ2n) is 9.28. The molecule has 2 fully saturated rings. The number of rotatable bonds is 6. The summed E-state index contributed by atoms with van der Waals surface area (Å²) in [5, 5.41) is 2.74. The lowest BCUT2D eigenvalue weighted by Gasteiger charge is -2.29. The van der Waals surface area contributed by atoms with Gasteiger partial charge in [-0.15, -0.1) is 0 Å². The number of nitrogens with zero attached hydrogens (tertiary/aromatic N) is 1. The number of fused-ring (bicyclic) bond motifs is 2. The summed E-state index contributed by atoms with van der Waals surface area (Å²) < 4.78 is 33.9. The molecular weight excluding hydrogens is 478 g/mol. The van der Waals surface area contributed by atoms with Gasteiger partial charge in [-0.05, 0) is 51.4 Å². The average Bonchev–Trinajstić information content (AvgIpc) is 3.25. The van der Waals surface area contributed by atoms with Gasteiger partial charge in [-0.3, -0.25) is 14.4 Å². The second kappa shape index (κ2) is 11.4. The van der Waals surface area contributed by atoms with Crippen LogP contribution < -0.4 is 20.5 Å². The molecule has 1 saturated carbocycles. The summed E-state index contributed by atoms with van der Waals surface area (Å²) in [4.78, 5) is 52.3. The van der Waals surface area contributed by atoms with E-state index in [0.29, 0.717) is 45.1 Å². The molecule has 3 rings (SSSR count). The van der Waals surface area contributed by atoms with Crippen molar-refractivity contribution in [2.75, 3.05) is 13.1 Å². The fourth-order valence-electron chi connectivity index (χ4n) is 4.66. The van der Waals surface area contributed by atoms with Crippen LogP contribution in [0.2, 0.25) is 0 Å².